The summed E-state index contributed by atoms with van der Waals surface area (Å²) in [5.74, 6) is 2.22. The normalized spacial score (nSPS) is 10.8. The van der Waals surface area contributed by atoms with Crippen molar-refractivity contribution >= 4 is 11.0 Å². The summed E-state index contributed by atoms with van der Waals surface area (Å²) in [5, 5.41) is 0.997. The van der Waals surface area contributed by atoms with Crippen molar-refractivity contribution in [2.45, 2.75) is 6.92 Å². The lowest BCUT2D eigenvalue weighted by molar-refractivity contribution is 0.398. The number of furan rings is 1. The SMILES string of the molecule is COc1ccc(-c2oc3cc(OC)ncc3c2C)cc1. The number of aryl methyl sites for hydroxylation is 1. The van der Waals surface area contributed by atoms with Crippen molar-refractivity contribution in [3.05, 3.63) is 42.1 Å². The van der Waals surface area contributed by atoms with Crippen LogP contribution in [0, 0.1) is 6.92 Å². The molecule has 0 spiro atoms. The second-order valence-corrected chi connectivity index (χ2v) is 4.51. The Hall–Kier alpha value is -2.49. The minimum atomic E-state index is 0.549. The van der Waals surface area contributed by atoms with Crippen LogP contribution < -0.4 is 9.47 Å². The second-order valence-electron chi connectivity index (χ2n) is 4.51. The fourth-order valence-electron chi connectivity index (χ4n) is 2.22. The molecule has 2 heterocycles. The molecule has 3 rings (SSSR count). The van der Waals surface area contributed by atoms with Crippen molar-refractivity contribution in [2.24, 2.45) is 0 Å². The Balaban J connectivity index is 2.12. The van der Waals surface area contributed by atoms with E-state index in [0.717, 1.165) is 33.6 Å². The Morgan fingerprint density at radius 1 is 1.05 bits per heavy atom. The van der Waals surface area contributed by atoms with Crippen LogP contribution in [-0.4, -0.2) is 19.2 Å². The maximum Gasteiger partial charge on any atom is 0.216 e. The highest BCUT2D eigenvalue weighted by molar-refractivity contribution is 5.87. The molecular formula is C16H15NO3. The number of fused-ring (bicyclic) bond motifs is 1. The zero-order valence-corrected chi connectivity index (χ0v) is 11.6. The number of nitrogens with zero attached hydrogens (tertiary/aromatic N) is 1. The molecule has 2 aromatic heterocycles. The van der Waals surface area contributed by atoms with Crippen molar-refractivity contribution in [2.75, 3.05) is 14.2 Å². The standard InChI is InChI=1S/C16H15NO3/c1-10-13-9-17-15(19-3)8-14(13)20-16(10)11-4-6-12(18-2)7-5-11/h4-9H,1-3H3. The average Bonchev–Trinajstić information content (AvgIpc) is 2.84. The molecule has 0 aliphatic carbocycles. The summed E-state index contributed by atoms with van der Waals surface area (Å²) in [7, 11) is 3.24. The molecule has 0 aliphatic rings. The van der Waals surface area contributed by atoms with Crippen molar-refractivity contribution in [1.29, 1.82) is 0 Å². The maximum absolute atomic E-state index is 5.94. The van der Waals surface area contributed by atoms with Gasteiger partial charge in [-0.2, -0.15) is 0 Å². The van der Waals surface area contributed by atoms with E-state index in [1.54, 1.807) is 26.5 Å². The van der Waals surface area contributed by atoms with Gasteiger partial charge >= 0.3 is 0 Å². The van der Waals surface area contributed by atoms with Gasteiger partial charge in [0.25, 0.3) is 0 Å². The molecule has 1 aromatic carbocycles. The lowest BCUT2D eigenvalue weighted by Crippen LogP contribution is -1.85. The van der Waals surface area contributed by atoms with E-state index in [1.807, 2.05) is 31.2 Å². The van der Waals surface area contributed by atoms with Crippen LogP contribution >= 0.6 is 0 Å². The monoisotopic (exact) mass is 269 g/mol. The lowest BCUT2D eigenvalue weighted by atomic mass is 10.1. The largest absolute Gasteiger partial charge is 0.497 e. The molecule has 3 aromatic rings. The van der Waals surface area contributed by atoms with Crippen LogP contribution in [0.3, 0.4) is 0 Å². The van der Waals surface area contributed by atoms with Crippen LogP contribution in [0.5, 0.6) is 11.6 Å². The predicted octanol–water partition coefficient (Wildman–Crippen LogP) is 3.82. The molecule has 4 nitrogen and oxygen atoms in total. The van der Waals surface area contributed by atoms with Crippen molar-refractivity contribution in [1.82, 2.24) is 4.98 Å². The number of benzene rings is 1. The van der Waals surface area contributed by atoms with Gasteiger partial charge in [-0.25, -0.2) is 4.98 Å². The van der Waals surface area contributed by atoms with Crippen LogP contribution in [0.15, 0.2) is 40.9 Å². The number of aromatic nitrogens is 1. The fourth-order valence-corrected chi connectivity index (χ4v) is 2.22. The van der Waals surface area contributed by atoms with E-state index >= 15 is 0 Å². The molecule has 20 heavy (non-hydrogen) atoms. The first kappa shape index (κ1) is 12.5. The van der Waals surface area contributed by atoms with Gasteiger partial charge in [-0.05, 0) is 31.2 Å². The van der Waals surface area contributed by atoms with E-state index in [9.17, 15) is 0 Å². The van der Waals surface area contributed by atoms with Gasteiger partial charge in [0, 0.05) is 28.8 Å². The van der Waals surface area contributed by atoms with Gasteiger partial charge in [-0.1, -0.05) is 0 Å². The number of methoxy groups -OCH3 is 2. The van der Waals surface area contributed by atoms with Crippen molar-refractivity contribution in [3.63, 3.8) is 0 Å². The zero-order valence-electron chi connectivity index (χ0n) is 11.6. The van der Waals surface area contributed by atoms with Gasteiger partial charge in [-0.15, -0.1) is 0 Å². The summed E-state index contributed by atoms with van der Waals surface area (Å²) in [5.41, 5.74) is 2.86. The van der Waals surface area contributed by atoms with Crippen LogP contribution in [0.25, 0.3) is 22.3 Å². The summed E-state index contributed by atoms with van der Waals surface area (Å²) >= 11 is 0. The summed E-state index contributed by atoms with van der Waals surface area (Å²) in [6.07, 6.45) is 1.78. The van der Waals surface area contributed by atoms with E-state index in [0.29, 0.717) is 5.88 Å². The molecule has 0 N–H and O–H groups in total. The maximum atomic E-state index is 5.94. The molecule has 4 heteroatoms. The van der Waals surface area contributed by atoms with E-state index < -0.39 is 0 Å². The lowest BCUT2D eigenvalue weighted by Gasteiger charge is -2.01. The molecule has 0 aliphatic heterocycles. The Bertz CT molecular complexity index is 744. The average molecular weight is 269 g/mol. The summed E-state index contributed by atoms with van der Waals surface area (Å²) in [6, 6.07) is 9.60. The first-order valence-electron chi connectivity index (χ1n) is 6.30. The first-order valence-corrected chi connectivity index (χ1v) is 6.30. The smallest absolute Gasteiger partial charge is 0.216 e. The Labute approximate surface area is 117 Å². The number of ether oxygens (including phenoxy) is 2. The highest BCUT2D eigenvalue weighted by Gasteiger charge is 2.13. The molecule has 0 fully saturated rings. The van der Waals surface area contributed by atoms with Gasteiger partial charge in [0.1, 0.15) is 17.1 Å². The summed E-state index contributed by atoms with van der Waals surface area (Å²) in [4.78, 5) is 4.22. The van der Waals surface area contributed by atoms with E-state index in [1.165, 1.54) is 0 Å². The Morgan fingerprint density at radius 3 is 2.45 bits per heavy atom. The van der Waals surface area contributed by atoms with Crippen LogP contribution in [0.2, 0.25) is 0 Å². The zero-order chi connectivity index (χ0) is 14.1. The third-order valence-corrected chi connectivity index (χ3v) is 3.36. The Kier molecular flexibility index (Phi) is 3.06. The highest BCUT2D eigenvalue weighted by atomic mass is 16.5. The van der Waals surface area contributed by atoms with Crippen LogP contribution in [-0.2, 0) is 0 Å². The van der Waals surface area contributed by atoms with E-state index in [2.05, 4.69) is 4.98 Å². The number of hydrogen-bond donors (Lipinski definition) is 0. The molecular weight excluding hydrogens is 254 g/mol. The van der Waals surface area contributed by atoms with Gasteiger partial charge < -0.3 is 13.9 Å². The third kappa shape index (κ3) is 1.99. The third-order valence-electron chi connectivity index (χ3n) is 3.36. The molecule has 0 saturated carbocycles. The predicted molar refractivity (Wildman–Crippen MR) is 77.3 cm³/mol. The summed E-state index contributed by atoms with van der Waals surface area (Å²) < 4.78 is 16.2. The number of rotatable bonds is 3. The molecule has 0 unspecified atom stereocenters. The summed E-state index contributed by atoms with van der Waals surface area (Å²) in [6.45, 7) is 2.03. The minimum Gasteiger partial charge on any atom is -0.497 e. The molecule has 102 valence electrons. The van der Waals surface area contributed by atoms with Gasteiger partial charge in [0.05, 0.1) is 14.2 Å². The second kappa shape index (κ2) is 4.89. The molecule has 0 bridgehead atoms. The van der Waals surface area contributed by atoms with Crippen molar-refractivity contribution < 1.29 is 13.9 Å². The van der Waals surface area contributed by atoms with Crippen molar-refractivity contribution in [3.8, 4) is 23.0 Å². The van der Waals surface area contributed by atoms with Gasteiger partial charge in [0.15, 0.2) is 0 Å². The molecule has 0 radical (unpaired) electrons. The first-order chi connectivity index (χ1) is 9.72. The minimum absolute atomic E-state index is 0.549. The molecule has 0 saturated heterocycles. The van der Waals surface area contributed by atoms with Crippen LogP contribution in [0.4, 0.5) is 0 Å². The van der Waals surface area contributed by atoms with Gasteiger partial charge in [-0.3, -0.25) is 0 Å². The Morgan fingerprint density at radius 2 is 1.80 bits per heavy atom. The number of hydrogen-bond acceptors (Lipinski definition) is 4. The van der Waals surface area contributed by atoms with E-state index in [-0.39, 0.29) is 0 Å². The van der Waals surface area contributed by atoms with Gasteiger partial charge in [0.2, 0.25) is 5.88 Å². The molecule has 0 atom stereocenters. The molecule has 0 amide bonds. The fraction of sp³-hybridized carbons (Fsp3) is 0.188. The topological polar surface area (TPSA) is 44.5 Å². The van der Waals surface area contributed by atoms with E-state index in [4.69, 9.17) is 13.9 Å². The number of pyridine rings is 1. The van der Waals surface area contributed by atoms with Crippen LogP contribution in [0.1, 0.15) is 5.56 Å². The quantitative estimate of drug-likeness (QED) is 0.725. The highest BCUT2D eigenvalue weighted by Crippen LogP contribution is 2.34.